The molecular weight excluding hydrogens is 263 g/mol. The number of aromatic hydroxyl groups is 2. The average Bonchev–Trinajstić information content (AvgIpc) is 2.28. The minimum Gasteiger partial charge on any atom is -0.506 e. The molecule has 0 aliphatic carbocycles. The van der Waals surface area contributed by atoms with Gasteiger partial charge in [-0.3, -0.25) is 0 Å². The summed E-state index contributed by atoms with van der Waals surface area (Å²) in [6.07, 6.45) is 0. The standard InChI is InChI=1S/2C6H7NO.Ni/c2*7-5-3-1-2-4-6(5)8;/h2*1-4,8H,7H2;. The molecule has 0 saturated carbocycles. The maximum Gasteiger partial charge on any atom is 0.138 e. The van der Waals surface area contributed by atoms with E-state index in [2.05, 4.69) is 0 Å². The number of phenolic OH excluding ortho intramolecular Hbond substituents is 2. The third-order valence-corrected chi connectivity index (χ3v) is 1.87. The molecule has 2 rings (SSSR count). The van der Waals surface area contributed by atoms with Crippen molar-refractivity contribution in [3.63, 3.8) is 0 Å². The smallest absolute Gasteiger partial charge is 0.138 e. The first kappa shape index (κ1) is 15.1. The Morgan fingerprint density at radius 2 is 0.941 bits per heavy atom. The number of hydrogen-bond acceptors (Lipinski definition) is 4. The topological polar surface area (TPSA) is 92.5 Å². The van der Waals surface area contributed by atoms with Crippen LogP contribution in [0.1, 0.15) is 0 Å². The Kier molecular flexibility index (Phi) is 6.60. The van der Waals surface area contributed by atoms with Crippen LogP contribution in [0.4, 0.5) is 11.4 Å². The summed E-state index contributed by atoms with van der Waals surface area (Å²) in [6, 6.07) is 13.4. The first-order valence-corrected chi connectivity index (χ1v) is 4.68. The fourth-order valence-corrected chi connectivity index (χ4v) is 0.975. The maximum absolute atomic E-state index is 8.79. The fraction of sp³-hybridized carbons (Fsp3) is 0. The van der Waals surface area contributed by atoms with Crippen molar-refractivity contribution in [3.05, 3.63) is 48.5 Å². The number of rotatable bonds is 0. The number of nitrogens with two attached hydrogens (primary N) is 2. The number of anilines is 2. The van der Waals surface area contributed by atoms with Crippen molar-refractivity contribution in [2.24, 2.45) is 0 Å². The van der Waals surface area contributed by atoms with Gasteiger partial charge in [-0.05, 0) is 24.3 Å². The van der Waals surface area contributed by atoms with Crippen LogP contribution in [0.5, 0.6) is 11.5 Å². The zero-order valence-electron chi connectivity index (χ0n) is 8.98. The minimum absolute atomic E-state index is 0. The Bertz CT molecular complexity index is 378. The Hall–Kier alpha value is -1.87. The van der Waals surface area contributed by atoms with Gasteiger partial charge in [0.2, 0.25) is 0 Å². The Balaban J connectivity index is 0.000000284. The number of benzene rings is 2. The number of nitrogen functional groups attached to an aromatic ring is 2. The Labute approximate surface area is 110 Å². The Morgan fingerprint density at radius 1 is 0.647 bits per heavy atom. The van der Waals surface area contributed by atoms with E-state index in [0.29, 0.717) is 11.4 Å². The second-order valence-corrected chi connectivity index (χ2v) is 3.12. The van der Waals surface area contributed by atoms with Gasteiger partial charge >= 0.3 is 0 Å². The third-order valence-electron chi connectivity index (χ3n) is 1.87. The van der Waals surface area contributed by atoms with Crippen molar-refractivity contribution < 1.29 is 26.7 Å². The molecule has 0 heterocycles. The van der Waals surface area contributed by atoms with E-state index in [9.17, 15) is 0 Å². The predicted molar refractivity (Wildman–Crippen MR) is 65.0 cm³/mol. The van der Waals surface area contributed by atoms with Crippen LogP contribution in [0.2, 0.25) is 0 Å². The molecule has 4 nitrogen and oxygen atoms in total. The normalized spacial score (nSPS) is 8.47. The molecule has 0 radical (unpaired) electrons. The molecule has 0 fully saturated rings. The minimum atomic E-state index is 0. The second-order valence-electron chi connectivity index (χ2n) is 3.12. The van der Waals surface area contributed by atoms with Gasteiger partial charge in [-0.2, -0.15) is 0 Å². The van der Waals surface area contributed by atoms with Crippen LogP contribution in [0.3, 0.4) is 0 Å². The number of hydrogen-bond donors (Lipinski definition) is 4. The van der Waals surface area contributed by atoms with Crippen molar-refractivity contribution in [2.75, 3.05) is 11.5 Å². The summed E-state index contributed by atoms with van der Waals surface area (Å²) in [4.78, 5) is 0. The third kappa shape index (κ3) is 5.13. The molecule has 94 valence electrons. The van der Waals surface area contributed by atoms with Crippen LogP contribution in [0, 0.1) is 0 Å². The maximum atomic E-state index is 8.79. The van der Waals surface area contributed by atoms with Gasteiger partial charge < -0.3 is 21.7 Å². The van der Waals surface area contributed by atoms with Crippen molar-refractivity contribution in [1.82, 2.24) is 0 Å². The molecule has 0 unspecified atom stereocenters. The summed E-state index contributed by atoms with van der Waals surface area (Å²) in [7, 11) is 0. The SMILES string of the molecule is Nc1ccccc1O.Nc1ccccc1O.[Ni]. The van der Waals surface area contributed by atoms with E-state index >= 15 is 0 Å². The van der Waals surface area contributed by atoms with Crippen LogP contribution in [-0.4, -0.2) is 10.2 Å². The van der Waals surface area contributed by atoms with Crippen LogP contribution in [0.25, 0.3) is 0 Å². The van der Waals surface area contributed by atoms with Gasteiger partial charge in [0.15, 0.2) is 0 Å². The molecule has 0 aromatic heterocycles. The van der Waals surface area contributed by atoms with Crippen LogP contribution in [0.15, 0.2) is 48.5 Å². The molecule has 0 spiro atoms. The van der Waals surface area contributed by atoms with Crippen molar-refractivity contribution in [1.29, 1.82) is 0 Å². The van der Waals surface area contributed by atoms with E-state index in [1.165, 1.54) is 0 Å². The largest absolute Gasteiger partial charge is 0.506 e. The van der Waals surface area contributed by atoms with Gasteiger partial charge in [0.1, 0.15) is 11.5 Å². The number of phenols is 2. The first-order chi connectivity index (χ1) is 7.61. The molecule has 17 heavy (non-hydrogen) atoms. The fourth-order valence-electron chi connectivity index (χ4n) is 0.975. The van der Waals surface area contributed by atoms with Gasteiger partial charge in [0.25, 0.3) is 0 Å². The van der Waals surface area contributed by atoms with E-state index in [0.717, 1.165) is 0 Å². The summed E-state index contributed by atoms with van der Waals surface area (Å²) in [5, 5.41) is 17.6. The molecule has 6 N–H and O–H groups in total. The second kappa shape index (κ2) is 7.41. The molecule has 0 aliphatic rings. The van der Waals surface area contributed by atoms with E-state index < -0.39 is 0 Å². The van der Waals surface area contributed by atoms with Gasteiger partial charge in [-0.15, -0.1) is 0 Å². The van der Waals surface area contributed by atoms with Crippen LogP contribution >= 0.6 is 0 Å². The van der Waals surface area contributed by atoms with Gasteiger partial charge in [-0.1, -0.05) is 24.3 Å². The first-order valence-electron chi connectivity index (χ1n) is 4.68. The van der Waals surface area contributed by atoms with Gasteiger partial charge in [0, 0.05) is 16.5 Å². The molecule has 0 saturated heterocycles. The molecule has 0 atom stereocenters. The molecular formula is C12H14N2NiO2. The van der Waals surface area contributed by atoms with Crippen molar-refractivity contribution >= 4 is 11.4 Å². The summed E-state index contributed by atoms with van der Waals surface area (Å²) in [5.41, 5.74) is 11.4. The summed E-state index contributed by atoms with van der Waals surface area (Å²) >= 11 is 0. The van der Waals surface area contributed by atoms with E-state index in [4.69, 9.17) is 21.7 Å². The van der Waals surface area contributed by atoms with E-state index in [-0.39, 0.29) is 28.0 Å². The van der Waals surface area contributed by atoms with E-state index in [1.54, 1.807) is 48.5 Å². The number of para-hydroxylation sites is 4. The predicted octanol–water partition coefficient (Wildman–Crippen LogP) is 1.95. The zero-order chi connectivity index (χ0) is 12.0. The molecule has 5 heteroatoms. The van der Waals surface area contributed by atoms with Crippen molar-refractivity contribution in [2.45, 2.75) is 0 Å². The summed E-state index contributed by atoms with van der Waals surface area (Å²) in [5.74, 6) is 0.292. The quantitative estimate of drug-likeness (QED) is 0.336. The van der Waals surface area contributed by atoms with Crippen LogP contribution in [-0.2, 0) is 16.5 Å². The van der Waals surface area contributed by atoms with Crippen molar-refractivity contribution in [3.8, 4) is 11.5 Å². The monoisotopic (exact) mass is 276 g/mol. The summed E-state index contributed by atoms with van der Waals surface area (Å²) < 4.78 is 0. The van der Waals surface area contributed by atoms with Gasteiger partial charge in [0.05, 0.1) is 11.4 Å². The molecule has 2 aromatic carbocycles. The molecule has 0 amide bonds. The summed E-state index contributed by atoms with van der Waals surface area (Å²) in [6.45, 7) is 0. The van der Waals surface area contributed by atoms with E-state index in [1.807, 2.05) is 0 Å². The molecule has 0 bridgehead atoms. The zero-order valence-corrected chi connectivity index (χ0v) is 9.97. The molecule has 2 aromatic rings. The molecule has 0 aliphatic heterocycles. The van der Waals surface area contributed by atoms with Crippen LogP contribution < -0.4 is 11.5 Å². The average molecular weight is 277 g/mol. The van der Waals surface area contributed by atoms with Gasteiger partial charge in [-0.25, -0.2) is 0 Å². The Morgan fingerprint density at radius 3 is 1.12 bits per heavy atom.